The Labute approximate surface area is 160 Å². The number of hydrogen-bond donors (Lipinski definition) is 0. The van der Waals surface area contributed by atoms with E-state index in [2.05, 4.69) is 4.74 Å². The lowest BCUT2D eigenvalue weighted by Crippen LogP contribution is -2.19. The van der Waals surface area contributed by atoms with Crippen LogP contribution in [0.15, 0.2) is 30.3 Å². The van der Waals surface area contributed by atoms with Crippen molar-refractivity contribution in [2.75, 3.05) is 0 Å². The monoisotopic (exact) mass is 416 g/mol. The Morgan fingerprint density at radius 2 is 1.68 bits per heavy atom. The highest BCUT2D eigenvalue weighted by atomic mass is 32.1. The van der Waals surface area contributed by atoms with Crippen LogP contribution in [0, 0.1) is 17.5 Å². The van der Waals surface area contributed by atoms with Gasteiger partial charge in [-0.1, -0.05) is 31.6 Å². The minimum Gasteiger partial charge on any atom is -0.399 e. The lowest BCUT2D eigenvalue weighted by Gasteiger charge is -2.10. The summed E-state index contributed by atoms with van der Waals surface area (Å²) in [5.74, 6) is -4.99. The molecule has 148 valence electrons. The van der Waals surface area contributed by atoms with Crippen LogP contribution >= 0.6 is 11.3 Å². The highest BCUT2D eigenvalue weighted by molar-refractivity contribution is 7.19. The third-order valence-electron chi connectivity index (χ3n) is 3.92. The fourth-order valence-electron chi connectivity index (χ4n) is 2.74. The molecule has 2 aromatic carbocycles. The van der Waals surface area contributed by atoms with E-state index in [9.17, 15) is 26.3 Å². The van der Waals surface area contributed by atoms with Gasteiger partial charge in [-0.25, -0.2) is 13.2 Å². The lowest BCUT2D eigenvalue weighted by atomic mass is 10.1. The van der Waals surface area contributed by atoms with E-state index in [1.807, 2.05) is 19.1 Å². The van der Waals surface area contributed by atoms with Crippen LogP contribution in [0.3, 0.4) is 0 Å². The summed E-state index contributed by atoms with van der Waals surface area (Å²) < 4.78 is 82.7. The second-order valence-corrected chi connectivity index (χ2v) is 7.14. The van der Waals surface area contributed by atoms with Gasteiger partial charge in [0.05, 0.1) is 4.88 Å². The van der Waals surface area contributed by atoms with Gasteiger partial charge in [-0.05, 0) is 41.8 Å². The second kappa shape index (κ2) is 7.87. The van der Waals surface area contributed by atoms with E-state index >= 15 is 0 Å². The third kappa shape index (κ3) is 4.49. The van der Waals surface area contributed by atoms with E-state index in [4.69, 9.17) is 0 Å². The van der Waals surface area contributed by atoms with Crippen molar-refractivity contribution in [3.8, 4) is 5.75 Å². The van der Waals surface area contributed by atoms with Gasteiger partial charge in [-0.15, -0.1) is 24.5 Å². The first kappa shape index (κ1) is 20.3. The Kier molecular flexibility index (Phi) is 5.69. The normalized spacial score (nSPS) is 12.2. The maximum absolute atomic E-state index is 14.5. The Bertz CT molecular complexity index is 1010. The average Bonchev–Trinajstić information content (AvgIpc) is 2.91. The summed E-state index contributed by atoms with van der Waals surface area (Å²) in [6.45, 7) is 2.04. The van der Waals surface area contributed by atoms with Gasteiger partial charge >= 0.3 is 6.36 Å². The predicted molar refractivity (Wildman–Crippen MR) is 97.7 cm³/mol. The Balaban J connectivity index is 1.90. The number of alkyl halides is 3. The third-order valence-corrected chi connectivity index (χ3v) is 5.02. The Hall–Kier alpha value is -2.48. The molecule has 0 N–H and O–H groups in total. The molecule has 0 spiro atoms. The number of halogens is 6. The highest BCUT2D eigenvalue weighted by Gasteiger charge is 2.34. The van der Waals surface area contributed by atoms with Crippen molar-refractivity contribution in [2.45, 2.75) is 26.1 Å². The van der Waals surface area contributed by atoms with Crippen molar-refractivity contribution in [3.63, 3.8) is 0 Å². The SMILES string of the molecule is CCCc1ccc2c(F)c(/C=C/c3cc(F)c(OC(F)(F)F)c(F)c3)sc2c1. The van der Waals surface area contributed by atoms with Crippen molar-refractivity contribution in [1.29, 1.82) is 0 Å². The second-order valence-electron chi connectivity index (χ2n) is 6.06. The fraction of sp³-hybridized carbons (Fsp3) is 0.200. The molecule has 28 heavy (non-hydrogen) atoms. The molecule has 0 atom stereocenters. The van der Waals surface area contributed by atoms with Gasteiger partial charge in [0, 0.05) is 10.1 Å². The zero-order chi connectivity index (χ0) is 20.5. The lowest BCUT2D eigenvalue weighted by molar-refractivity contribution is -0.276. The van der Waals surface area contributed by atoms with E-state index in [1.54, 1.807) is 6.07 Å². The average molecular weight is 416 g/mol. The minimum absolute atomic E-state index is 0.0620. The molecule has 3 aromatic rings. The summed E-state index contributed by atoms with van der Waals surface area (Å²) in [4.78, 5) is 0.250. The molecule has 0 bridgehead atoms. The van der Waals surface area contributed by atoms with Crippen molar-refractivity contribution in [3.05, 3.63) is 63.8 Å². The number of thiophene rings is 1. The molecule has 1 nitrogen and oxygen atoms in total. The van der Waals surface area contributed by atoms with Crippen LogP contribution in [-0.2, 0) is 6.42 Å². The Morgan fingerprint density at radius 3 is 2.29 bits per heavy atom. The molecule has 0 aliphatic rings. The van der Waals surface area contributed by atoms with E-state index < -0.39 is 29.6 Å². The molecular weight excluding hydrogens is 402 g/mol. The van der Waals surface area contributed by atoms with Gasteiger partial charge in [0.1, 0.15) is 5.82 Å². The maximum Gasteiger partial charge on any atom is 0.573 e. The molecule has 0 aliphatic heterocycles. The smallest absolute Gasteiger partial charge is 0.399 e. The van der Waals surface area contributed by atoms with Crippen molar-refractivity contribution < 1.29 is 31.1 Å². The van der Waals surface area contributed by atoms with Gasteiger partial charge in [0.15, 0.2) is 11.6 Å². The molecule has 0 fully saturated rings. The van der Waals surface area contributed by atoms with Crippen LogP contribution in [0.25, 0.3) is 22.2 Å². The van der Waals surface area contributed by atoms with Crippen LogP contribution in [0.5, 0.6) is 5.75 Å². The first-order valence-corrected chi connectivity index (χ1v) is 9.13. The summed E-state index contributed by atoms with van der Waals surface area (Å²) in [5.41, 5.74) is 1.02. The molecule has 0 unspecified atom stereocenters. The highest BCUT2D eigenvalue weighted by Crippen LogP contribution is 2.33. The predicted octanol–water partition coefficient (Wildman–Crippen LogP) is 7.34. The maximum atomic E-state index is 14.5. The summed E-state index contributed by atoms with van der Waals surface area (Å²) in [6.07, 6.45) is -0.832. The van der Waals surface area contributed by atoms with Gasteiger partial charge in [0.25, 0.3) is 0 Å². The van der Waals surface area contributed by atoms with Crippen molar-refractivity contribution >= 4 is 33.6 Å². The number of benzene rings is 2. The van der Waals surface area contributed by atoms with E-state index in [-0.39, 0.29) is 10.4 Å². The number of hydrogen-bond acceptors (Lipinski definition) is 2. The zero-order valence-corrected chi connectivity index (χ0v) is 15.4. The molecule has 1 aromatic heterocycles. The quantitative estimate of drug-likeness (QED) is 0.396. The molecule has 0 saturated heterocycles. The first-order chi connectivity index (χ1) is 13.2. The van der Waals surface area contributed by atoms with Gasteiger partial charge < -0.3 is 4.74 Å². The molecule has 8 heteroatoms. The van der Waals surface area contributed by atoms with Crippen LogP contribution in [-0.4, -0.2) is 6.36 Å². The van der Waals surface area contributed by atoms with Gasteiger partial charge in [-0.2, -0.15) is 0 Å². The standard InChI is InChI=1S/C20H14F6OS/c1-2-3-11-4-6-13-17(10-11)28-16(18(13)23)7-5-12-8-14(21)19(15(22)9-12)27-20(24,25)26/h4-10H,2-3H2,1H3/b7-5+. The van der Waals surface area contributed by atoms with Crippen LogP contribution in [0.4, 0.5) is 26.3 Å². The zero-order valence-electron chi connectivity index (χ0n) is 14.5. The molecule has 0 amide bonds. The van der Waals surface area contributed by atoms with E-state index in [0.29, 0.717) is 17.5 Å². The molecule has 0 aliphatic carbocycles. The summed E-state index contributed by atoms with van der Waals surface area (Å²) in [7, 11) is 0. The summed E-state index contributed by atoms with van der Waals surface area (Å²) in [5, 5.41) is 0.441. The van der Waals surface area contributed by atoms with Crippen LogP contribution < -0.4 is 4.74 Å². The molecule has 0 radical (unpaired) electrons. The number of rotatable bonds is 5. The van der Waals surface area contributed by atoms with Crippen molar-refractivity contribution in [2.24, 2.45) is 0 Å². The van der Waals surface area contributed by atoms with Gasteiger partial charge in [-0.3, -0.25) is 0 Å². The summed E-state index contributed by atoms with van der Waals surface area (Å²) in [6, 6.07) is 6.80. The van der Waals surface area contributed by atoms with E-state index in [0.717, 1.165) is 23.1 Å². The fourth-order valence-corrected chi connectivity index (χ4v) is 3.79. The minimum atomic E-state index is -5.21. The first-order valence-electron chi connectivity index (χ1n) is 8.31. The molecule has 3 rings (SSSR count). The van der Waals surface area contributed by atoms with Crippen molar-refractivity contribution in [1.82, 2.24) is 0 Å². The number of ether oxygens (including phenoxy) is 1. The van der Waals surface area contributed by atoms with Crippen LogP contribution in [0.1, 0.15) is 29.3 Å². The molecular formula is C20H14F6OS. The topological polar surface area (TPSA) is 9.23 Å². The largest absolute Gasteiger partial charge is 0.573 e. The molecule has 1 heterocycles. The Morgan fingerprint density at radius 1 is 1.00 bits per heavy atom. The van der Waals surface area contributed by atoms with Crippen LogP contribution in [0.2, 0.25) is 0 Å². The molecule has 0 saturated carbocycles. The van der Waals surface area contributed by atoms with Gasteiger partial charge in [0.2, 0.25) is 5.75 Å². The summed E-state index contributed by atoms with van der Waals surface area (Å²) >= 11 is 1.18. The van der Waals surface area contributed by atoms with E-state index in [1.165, 1.54) is 23.5 Å². The number of fused-ring (bicyclic) bond motifs is 1. The number of aryl methyl sites for hydroxylation is 1.